The minimum Gasteiger partial charge on any atom is -0.494 e. The number of Topliss-reactive ketones (excluding diaryl/α,β-unsaturated/α-hetero) is 1. The topological polar surface area (TPSA) is 77.0 Å². The Bertz CT molecular complexity index is 996. The van der Waals surface area contributed by atoms with Gasteiger partial charge in [0.25, 0.3) is 0 Å². The molecule has 3 aromatic rings. The Hall–Kier alpha value is -2.80. The van der Waals surface area contributed by atoms with Gasteiger partial charge in [-0.05, 0) is 44.0 Å². The van der Waals surface area contributed by atoms with Crippen LogP contribution < -0.4 is 10.4 Å². The number of aromatic amines is 1. The lowest BCUT2D eigenvalue weighted by Gasteiger charge is -2.11. The Balaban J connectivity index is 1.75. The smallest absolute Gasteiger partial charge is 0.343 e. The summed E-state index contributed by atoms with van der Waals surface area (Å²) in [6, 6.07) is 15.5. The third-order valence-electron chi connectivity index (χ3n) is 4.31. The number of aromatic nitrogens is 3. The maximum atomic E-state index is 12.1. The highest BCUT2D eigenvalue weighted by Gasteiger charge is 2.13. The predicted octanol–water partition coefficient (Wildman–Crippen LogP) is 3.71. The third kappa shape index (κ3) is 4.92. The zero-order chi connectivity index (χ0) is 19.9. The molecule has 6 nitrogen and oxygen atoms in total. The molecule has 0 unspecified atom stereocenters. The van der Waals surface area contributed by atoms with Crippen LogP contribution >= 0.6 is 11.8 Å². The second kappa shape index (κ2) is 9.41. The number of hydrogen-bond acceptors (Lipinski definition) is 5. The number of hydrogen-bond donors (Lipinski definition) is 1. The molecule has 1 N–H and O–H groups in total. The summed E-state index contributed by atoms with van der Waals surface area (Å²) in [5.41, 5.74) is 2.49. The van der Waals surface area contributed by atoms with E-state index >= 15 is 0 Å². The highest BCUT2D eigenvalue weighted by Crippen LogP contribution is 2.28. The number of carbonyl (C=O) groups excluding carboxylic acids is 1. The van der Waals surface area contributed by atoms with Gasteiger partial charge in [0.1, 0.15) is 5.75 Å². The number of nitrogens with one attached hydrogen (secondary N) is 1. The van der Waals surface area contributed by atoms with Gasteiger partial charge >= 0.3 is 5.69 Å². The predicted molar refractivity (Wildman–Crippen MR) is 110 cm³/mol. The summed E-state index contributed by atoms with van der Waals surface area (Å²) >= 11 is 1.45. The molecule has 7 heteroatoms. The van der Waals surface area contributed by atoms with Gasteiger partial charge < -0.3 is 4.74 Å². The third-order valence-corrected chi connectivity index (χ3v) is 5.34. The molecule has 28 heavy (non-hydrogen) atoms. The largest absolute Gasteiger partial charge is 0.494 e. The van der Waals surface area contributed by atoms with Crippen molar-refractivity contribution in [2.45, 2.75) is 37.7 Å². The summed E-state index contributed by atoms with van der Waals surface area (Å²) in [5, 5.41) is 7.31. The maximum Gasteiger partial charge on any atom is 0.343 e. The molecule has 2 aromatic carbocycles. The zero-order valence-corrected chi connectivity index (χ0v) is 16.8. The fourth-order valence-corrected chi connectivity index (χ4v) is 3.80. The molecule has 0 fully saturated rings. The van der Waals surface area contributed by atoms with Crippen LogP contribution in [0.5, 0.6) is 5.75 Å². The van der Waals surface area contributed by atoms with Gasteiger partial charge in [-0.3, -0.25) is 9.36 Å². The normalized spacial score (nSPS) is 10.8. The second-order valence-corrected chi connectivity index (χ2v) is 7.24. The van der Waals surface area contributed by atoms with Crippen molar-refractivity contribution in [1.82, 2.24) is 14.8 Å². The fraction of sp³-hybridized carbons (Fsp3) is 0.286. The first kappa shape index (κ1) is 19.9. The molecule has 146 valence electrons. The Kier molecular flexibility index (Phi) is 6.71. The summed E-state index contributed by atoms with van der Waals surface area (Å²) in [6.45, 7) is 4.56. The Labute approximate surface area is 167 Å². The van der Waals surface area contributed by atoms with Gasteiger partial charge in [0, 0.05) is 23.4 Å². The van der Waals surface area contributed by atoms with Crippen LogP contribution in [0.25, 0.3) is 0 Å². The molecule has 0 radical (unpaired) electrons. The standard InChI is InChI=1S/C21H23N3O3S/c1-3-27-19-10-9-17(15(2)25)13-18(19)14-28-21-23-22-20(26)24(21)12-11-16-7-5-4-6-8-16/h4-10,13H,3,11-12,14H2,1-2H3,(H,22,26). The molecule has 1 aromatic heterocycles. The lowest BCUT2D eigenvalue weighted by molar-refractivity contribution is 0.101. The molecular weight excluding hydrogens is 374 g/mol. The first-order valence-corrected chi connectivity index (χ1v) is 10.2. The molecule has 1 heterocycles. The van der Waals surface area contributed by atoms with E-state index in [2.05, 4.69) is 10.2 Å². The van der Waals surface area contributed by atoms with E-state index in [-0.39, 0.29) is 11.5 Å². The van der Waals surface area contributed by atoms with Crippen molar-refractivity contribution in [3.05, 3.63) is 75.7 Å². The van der Waals surface area contributed by atoms with Crippen molar-refractivity contribution in [2.75, 3.05) is 6.61 Å². The monoisotopic (exact) mass is 397 g/mol. The number of H-pyrrole nitrogens is 1. The number of carbonyl (C=O) groups is 1. The number of nitrogens with zero attached hydrogens (tertiary/aromatic N) is 2. The molecule has 0 saturated carbocycles. The highest BCUT2D eigenvalue weighted by molar-refractivity contribution is 7.98. The van der Waals surface area contributed by atoms with E-state index in [1.807, 2.05) is 49.4 Å². The van der Waals surface area contributed by atoms with Gasteiger partial charge in [0.15, 0.2) is 10.9 Å². The Morgan fingerprint density at radius 3 is 2.71 bits per heavy atom. The van der Waals surface area contributed by atoms with E-state index in [0.29, 0.717) is 29.6 Å². The number of benzene rings is 2. The van der Waals surface area contributed by atoms with Crippen molar-refractivity contribution >= 4 is 17.5 Å². The number of ether oxygens (including phenoxy) is 1. The van der Waals surface area contributed by atoms with Crippen molar-refractivity contribution in [3.63, 3.8) is 0 Å². The first-order chi connectivity index (χ1) is 13.6. The van der Waals surface area contributed by atoms with Gasteiger partial charge in [-0.1, -0.05) is 42.1 Å². The SMILES string of the molecule is CCOc1ccc(C(C)=O)cc1CSc1n[nH]c(=O)n1CCc1ccccc1. The zero-order valence-electron chi connectivity index (χ0n) is 16.0. The summed E-state index contributed by atoms with van der Waals surface area (Å²) in [6.07, 6.45) is 0.748. The number of rotatable bonds is 9. The van der Waals surface area contributed by atoms with Gasteiger partial charge in [0.05, 0.1) is 6.61 Å². The van der Waals surface area contributed by atoms with E-state index < -0.39 is 0 Å². The number of ketones is 1. The lowest BCUT2D eigenvalue weighted by Crippen LogP contribution is -2.18. The minimum atomic E-state index is -0.221. The van der Waals surface area contributed by atoms with Crippen LogP contribution in [-0.4, -0.2) is 27.2 Å². The Morgan fingerprint density at radius 2 is 2.00 bits per heavy atom. The van der Waals surface area contributed by atoms with E-state index in [4.69, 9.17) is 4.74 Å². The van der Waals surface area contributed by atoms with Crippen molar-refractivity contribution in [2.24, 2.45) is 0 Å². The average Bonchev–Trinajstić information content (AvgIpc) is 3.06. The van der Waals surface area contributed by atoms with E-state index in [1.54, 1.807) is 17.6 Å². The molecule has 0 aliphatic carbocycles. The van der Waals surface area contributed by atoms with Crippen LogP contribution in [0.2, 0.25) is 0 Å². The van der Waals surface area contributed by atoms with Crippen molar-refractivity contribution < 1.29 is 9.53 Å². The summed E-state index contributed by atoms with van der Waals surface area (Å²) < 4.78 is 7.33. The Morgan fingerprint density at radius 1 is 1.21 bits per heavy atom. The maximum absolute atomic E-state index is 12.1. The summed E-state index contributed by atoms with van der Waals surface area (Å²) in [4.78, 5) is 23.9. The molecule has 0 aliphatic rings. The quantitative estimate of drug-likeness (QED) is 0.440. The van der Waals surface area contributed by atoms with Crippen LogP contribution in [0.1, 0.15) is 35.3 Å². The van der Waals surface area contributed by atoms with Crippen LogP contribution in [-0.2, 0) is 18.7 Å². The van der Waals surface area contributed by atoms with E-state index in [9.17, 15) is 9.59 Å². The van der Waals surface area contributed by atoms with E-state index in [0.717, 1.165) is 17.7 Å². The van der Waals surface area contributed by atoms with Crippen LogP contribution in [0, 0.1) is 0 Å². The van der Waals surface area contributed by atoms with Crippen molar-refractivity contribution in [3.8, 4) is 5.75 Å². The number of thioether (sulfide) groups is 1. The minimum absolute atomic E-state index is 0.00818. The summed E-state index contributed by atoms with van der Waals surface area (Å²) in [5.74, 6) is 1.30. The lowest BCUT2D eigenvalue weighted by atomic mass is 10.1. The molecule has 0 aliphatic heterocycles. The van der Waals surface area contributed by atoms with Crippen molar-refractivity contribution in [1.29, 1.82) is 0 Å². The molecule has 0 saturated heterocycles. The second-order valence-electron chi connectivity index (χ2n) is 6.30. The van der Waals surface area contributed by atoms with Gasteiger partial charge in [-0.25, -0.2) is 9.89 Å². The molecule has 0 spiro atoms. The molecule has 0 bridgehead atoms. The fourth-order valence-electron chi connectivity index (χ4n) is 2.85. The van der Waals surface area contributed by atoms with Gasteiger partial charge in [-0.2, -0.15) is 0 Å². The van der Waals surface area contributed by atoms with Crippen LogP contribution in [0.15, 0.2) is 58.5 Å². The summed E-state index contributed by atoms with van der Waals surface area (Å²) in [7, 11) is 0. The van der Waals surface area contributed by atoms with Crippen LogP contribution in [0.3, 0.4) is 0 Å². The average molecular weight is 398 g/mol. The molecular formula is C21H23N3O3S. The van der Waals surface area contributed by atoms with E-state index in [1.165, 1.54) is 17.3 Å². The molecule has 3 rings (SSSR count). The molecule has 0 atom stereocenters. The highest BCUT2D eigenvalue weighted by atomic mass is 32.2. The van der Waals surface area contributed by atoms with Crippen LogP contribution in [0.4, 0.5) is 0 Å². The molecule has 0 amide bonds. The first-order valence-electron chi connectivity index (χ1n) is 9.17. The van der Waals surface area contributed by atoms with Gasteiger partial charge in [-0.15, -0.1) is 5.10 Å². The number of aryl methyl sites for hydroxylation is 1. The van der Waals surface area contributed by atoms with Gasteiger partial charge in [0.2, 0.25) is 0 Å².